The molecule has 0 saturated heterocycles. The third kappa shape index (κ3) is 4.54. The molecule has 0 aliphatic heterocycles. The monoisotopic (exact) mass is 356 g/mol. The van der Waals surface area contributed by atoms with Crippen molar-refractivity contribution in [2.24, 2.45) is 13.0 Å². The van der Waals surface area contributed by atoms with Gasteiger partial charge < -0.3 is 15.2 Å². The Balaban J connectivity index is 1.88. The third-order valence-corrected chi connectivity index (χ3v) is 3.69. The van der Waals surface area contributed by atoms with E-state index in [0.717, 1.165) is 0 Å². The molecule has 0 spiro atoms. The van der Waals surface area contributed by atoms with Gasteiger partial charge in [-0.3, -0.25) is 9.59 Å². The smallest absolute Gasteiger partial charge is 0.292 e. The quantitative estimate of drug-likeness (QED) is 0.638. The van der Waals surface area contributed by atoms with Crippen LogP contribution < -0.4 is 10.6 Å². The largest absolute Gasteiger partial charge is 0.351 e. The SMILES string of the molecule is C=C(CC)C(=O)NCC(C#N)CNC(=O)c1nnn(-c2cccn2C)n1. The fraction of sp³-hybridized carbons (Fsp3) is 0.375. The molecule has 0 aliphatic carbocycles. The molecule has 0 fully saturated rings. The number of hydrogen-bond donors (Lipinski definition) is 2. The molecular formula is C16H20N8O2. The molecule has 0 aliphatic rings. The number of aryl methyl sites for hydroxylation is 1. The van der Waals surface area contributed by atoms with E-state index in [1.165, 1.54) is 4.80 Å². The Kier molecular flexibility index (Phi) is 6.21. The van der Waals surface area contributed by atoms with E-state index in [2.05, 4.69) is 32.6 Å². The molecule has 2 heterocycles. The highest BCUT2D eigenvalue weighted by Gasteiger charge is 2.17. The molecule has 1 unspecified atom stereocenters. The summed E-state index contributed by atoms with van der Waals surface area (Å²) in [4.78, 5) is 25.0. The Morgan fingerprint density at radius 1 is 1.38 bits per heavy atom. The van der Waals surface area contributed by atoms with Crippen LogP contribution in [-0.2, 0) is 11.8 Å². The number of aromatic nitrogens is 5. The van der Waals surface area contributed by atoms with Crippen molar-refractivity contribution in [1.82, 2.24) is 35.4 Å². The number of nitrogens with one attached hydrogen (secondary N) is 2. The first kappa shape index (κ1) is 18.9. The fourth-order valence-electron chi connectivity index (χ4n) is 2.02. The van der Waals surface area contributed by atoms with Gasteiger partial charge >= 0.3 is 0 Å². The maximum Gasteiger partial charge on any atom is 0.292 e. The zero-order valence-electron chi connectivity index (χ0n) is 14.6. The van der Waals surface area contributed by atoms with Crippen LogP contribution in [0.2, 0.25) is 0 Å². The maximum atomic E-state index is 12.1. The van der Waals surface area contributed by atoms with Gasteiger partial charge in [0.15, 0.2) is 5.82 Å². The van der Waals surface area contributed by atoms with Crippen LogP contribution in [0, 0.1) is 17.2 Å². The van der Waals surface area contributed by atoms with E-state index in [9.17, 15) is 9.59 Å². The average molecular weight is 356 g/mol. The summed E-state index contributed by atoms with van der Waals surface area (Å²) in [6.07, 6.45) is 2.35. The van der Waals surface area contributed by atoms with Crippen LogP contribution in [-0.4, -0.2) is 49.7 Å². The second kappa shape index (κ2) is 8.57. The lowest BCUT2D eigenvalue weighted by molar-refractivity contribution is -0.117. The van der Waals surface area contributed by atoms with Crippen molar-refractivity contribution in [3.8, 4) is 11.9 Å². The predicted octanol–water partition coefficient (Wildman–Crippen LogP) is -0.0472. The molecule has 10 heteroatoms. The lowest BCUT2D eigenvalue weighted by atomic mass is 10.1. The molecule has 2 aromatic rings. The van der Waals surface area contributed by atoms with E-state index >= 15 is 0 Å². The summed E-state index contributed by atoms with van der Waals surface area (Å²) in [5, 5.41) is 25.9. The number of tetrazole rings is 1. The number of nitrogens with zero attached hydrogens (tertiary/aromatic N) is 6. The first-order chi connectivity index (χ1) is 12.5. The molecule has 2 rings (SSSR count). The Hall–Kier alpha value is -3.48. The summed E-state index contributed by atoms with van der Waals surface area (Å²) in [6, 6.07) is 5.63. The van der Waals surface area contributed by atoms with Crippen molar-refractivity contribution in [2.75, 3.05) is 13.1 Å². The summed E-state index contributed by atoms with van der Waals surface area (Å²) in [5.74, 6) is -0.881. The van der Waals surface area contributed by atoms with Gasteiger partial charge in [-0.2, -0.15) is 5.26 Å². The predicted molar refractivity (Wildman–Crippen MR) is 92.0 cm³/mol. The second-order valence-electron chi connectivity index (χ2n) is 5.58. The molecule has 0 bridgehead atoms. The van der Waals surface area contributed by atoms with E-state index in [-0.39, 0.29) is 24.8 Å². The fourth-order valence-corrected chi connectivity index (χ4v) is 2.02. The van der Waals surface area contributed by atoms with Gasteiger partial charge in [-0.25, -0.2) is 0 Å². The molecule has 2 amide bonds. The van der Waals surface area contributed by atoms with Gasteiger partial charge in [0.1, 0.15) is 0 Å². The topological polar surface area (TPSA) is 131 Å². The van der Waals surface area contributed by atoms with Gasteiger partial charge in [-0.05, 0) is 23.8 Å². The first-order valence-corrected chi connectivity index (χ1v) is 8.01. The average Bonchev–Trinajstić information content (AvgIpc) is 3.29. The number of hydrogen-bond acceptors (Lipinski definition) is 6. The lowest BCUT2D eigenvalue weighted by Gasteiger charge is -2.11. The van der Waals surface area contributed by atoms with Crippen molar-refractivity contribution < 1.29 is 9.59 Å². The highest BCUT2D eigenvalue weighted by molar-refractivity contribution is 5.92. The van der Waals surface area contributed by atoms with Gasteiger partial charge in [0.2, 0.25) is 5.91 Å². The van der Waals surface area contributed by atoms with Crippen molar-refractivity contribution in [3.63, 3.8) is 0 Å². The molecular weight excluding hydrogens is 336 g/mol. The van der Waals surface area contributed by atoms with E-state index in [0.29, 0.717) is 17.8 Å². The summed E-state index contributed by atoms with van der Waals surface area (Å²) in [5.41, 5.74) is 0.437. The van der Waals surface area contributed by atoms with Crippen LogP contribution in [0.15, 0.2) is 30.5 Å². The molecule has 0 saturated carbocycles. The third-order valence-electron chi connectivity index (χ3n) is 3.69. The van der Waals surface area contributed by atoms with Crippen LogP contribution in [0.1, 0.15) is 24.0 Å². The van der Waals surface area contributed by atoms with Gasteiger partial charge in [-0.1, -0.05) is 13.5 Å². The molecule has 2 N–H and O–H groups in total. The lowest BCUT2D eigenvalue weighted by Crippen LogP contribution is -2.36. The second-order valence-corrected chi connectivity index (χ2v) is 5.58. The maximum absolute atomic E-state index is 12.1. The highest BCUT2D eigenvalue weighted by atomic mass is 16.2. The standard InChI is InChI=1S/C16H20N8O2/c1-4-11(2)15(25)18-9-12(8-17)10-19-16(26)14-20-22-24(21-14)13-6-5-7-23(13)3/h5-7,12H,2,4,9-10H2,1,3H3,(H,18,25)(H,19,26). The van der Waals surface area contributed by atoms with E-state index in [4.69, 9.17) is 5.26 Å². The van der Waals surface area contributed by atoms with Crippen molar-refractivity contribution in [2.45, 2.75) is 13.3 Å². The van der Waals surface area contributed by atoms with Crippen molar-refractivity contribution in [1.29, 1.82) is 5.26 Å². The Labute approximate surface area is 150 Å². The first-order valence-electron chi connectivity index (χ1n) is 8.01. The number of amides is 2. The van der Waals surface area contributed by atoms with Gasteiger partial charge in [0.05, 0.1) is 12.0 Å². The number of nitriles is 1. The normalized spacial score (nSPS) is 11.4. The molecule has 0 aromatic carbocycles. The Morgan fingerprint density at radius 3 is 2.73 bits per heavy atom. The Bertz CT molecular complexity index is 845. The summed E-state index contributed by atoms with van der Waals surface area (Å²) < 4.78 is 1.78. The zero-order chi connectivity index (χ0) is 19.1. The number of rotatable bonds is 8. The van der Waals surface area contributed by atoms with Crippen LogP contribution in [0.25, 0.3) is 5.82 Å². The minimum atomic E-state index is -0.588. The number of carbonyl (C=O) groups is 2. The molecule has 2 aromatic heterocycles. The molecule has 0 radical (unpaired) electrons. The minimum absolute atomic E-state index is 0.0485. The van der Waals surface area contributed by atoms with Crippen LogP contribution in [0.4, 0.5) is 0 Å². The van der Waals surface area contributed by atoms with Gasteiger partial charge in [0, 0.05) is 31.9 Å². The van der Waals surface area contributed by atoms with Gasteiger partial charge in [-0.15, -0.1) is 15.0 Å². The Morgan fingerprint density at radius 2 is 2.12 bits per heavy atom. The van der Waals surface area contributed by atoms with Crippen LogP contribution in [0.5, 0.6) is 0 Å². The summed E-state index contributed by atoms with van der Waals surface area (Å²) in [6.45, 7) is 5.60. The summed E-state index contributed by atoms with van der Waals surface area (Å²) >= 11 is 0. The van der Waals surface area contributed by atoms with Gasteiger partial charge in [0.25, 0.3) is 11.7 Å². The zero-order valence-corrected chi connectivity index (χ0v) is 14.6. The summed E-state index contributed by atoms with van der Waals surface area (Å²) in [7, 11) is 1.82. The van der Waals surface area contributed by atoms with E-state index < -0.39 is 11.8 Å². The van der Waals surface area contributed by atoms with E-state index in [1.807, 2.05) is 32.3 Å². The molecule has 26 heavy (non-hydrogen) atoms. The molecule has 10 nitrogen and oxygen atoms in total. The highest BCUT2D eigenvalue weighted by Crippen LogP contribution is 2.04. The van der Waals surface area contributed by atoms with Crippen LogP contribution in [0.3, 0.4) is 0 Å². The van der Waals surface area contributed by atoms with Crippen molar-refractivity contribution >= 4 is 11.8 Å². The molecule has 1 atom stereocenters. The van der Waals surface area contributed by atoms with E-state index in [1.54, 1.807) is 10.6 Å². The van der Waals surface area contributed by atoms with Crippen LogP contribution >= 0.6 is 0 Å². The van der Waals surface area contributed by atoms with Crippen molar-refractivity contribution in [3.05, 3.63) is 36.3 Å². The minimum Gasteiger partial charge on any atom is -0.351 e. The number of carbonyl (C=O) groups excluding carboxylic acids is 2. The molecule has 136 valence electrons.